The normalized spacial score (nSPS) is 10.0. The molecule has 0 aromatic heterocycles. The van der Waals surface area contributed by atoms with Gasteiger partial charge in [0.2, 0.25) is 0 Å². The lowest BCUT2D eigenvalue weighted by molar-refractivity contribution is -0.136. The third-order valence-electron chi connectivity index (χ3n) is 3.17. The van der Waals surface area contributed by atoms with Crippen LogP contribution in [0.25, 0.3) is 0 Å². The van der Waals surface area contributed by atoms with Gasteiger partial charge in [-0.1, -0.05) is 24.3 Å². The minimum Gasteiger partial charge on any atom is -0.495 e. The van der Waals surface area contributed by atoms with Crippen molar-refractivity contribution in [2.24, 2.45) is 0 Å². The topological polar surface area (TPSA) is 67.4 Å². The highest BCUT2D eigenvalue weighted by Gasteiger charge is 2.14. The van der Waals surface area contributed by atoms with E-state index in [0.717, 1.165) is 5.56 Å². The van der Waals surface area contributed by atoms with Crippen molar-refractivity contribution in [2.45, 2.75) is 6.42 Å². The molecule has 0 heterocycles. The first-order valence-electron chi connectivity index (χ1n) is 7.07. The molecule has 2 rings (SSSR count). The van der Waals surface area contributed by atoms with Crippen LogP contribution in [0.4, 0.5) is 10.1 Å². The number of benzene rings is 2. The van der Waals surface area contributed by atoms with Crippen LogP contribution in [0.1, 0.15) is 5.56 Å². The summed E-state index contributed by atoms with van der Waals surface area (Å²) < 4.78 is 17.9. The Balaban J connectivity index is 1.83. The molecule has 2 amide bonds. The molecule has 0 spiro atoms. The van der Waals surface area contributed by atoms with Crippen LogP contribution in [0.15, 0.2) is 48.5 Å². The molecule has 23 heavy (non-hydrogen) atoms. The second kappa shape index (κ2) is 7.93. The van der Waals surface area contributed by atoms with Crippen LogP contribution in [-0.2, 0) is 16.0 Å². The maximum atomic E-state index is 12.8. The van der Waals surface area contributed by atoms with Gasteiger partial charge in [-0.15, -0.1) is 0 Å². The predicted octanol–water partition coefficient (Wildman–Crippen LogP) is 2.13. The number of halogens is 1. The number of carbonyl (C=O) groups is 2. The molecule has 5 nitrogen and oxygen atoms in total. The van der Waals surface area contributed by atoms with Crippen LogP contribution in [0.3, 0.4) is 0 Å². The Morgan fingerprint density at radius 1 is 1.04 bits per heavy atom. The Hall–Kier alpha value is -2.89. The molecule has 0 aliphatic carbocycles. The summed E-state index contributed by atoms with van der Waals surface area (Å²) in [5.74, 6) is -1.35. The Labute approximate surface area is 133 Å². The molecule has 0 aliphatic heterocycles. The lowest BCUT2D eigenvalue weighted by atomic mass is 10.1. The molecule has 120 valence electrons. The van der Waals surface area contributed by atoms with Gasteiger partial charge in [-0.2, -0.15) is 0 Å². The van der Waals surface area contributed by atoms with Gasteiger partial charge in [0.1, 0.15) is 11.6 Å². The zero-order valence-electron chi connectivity index (χ0n) is 12.6. The number of anilines is 1. The summed E-state index contributed by atoms with van der Waals surface area (Å²) in [5, 5.41) is 5.01. The second-order valence-electron chi connectivity index (χ2n) is 4.79. The van der Waals surface area contributed by atoms with E-state index in [9.17, 15) is 14.0 Å². The molecule has 2 N–H and O–H groups in total. The molecule has 2 aromatic rings. The number of hydrogen-bond donors (Lipinski definition) is 2. The van der Waals surface area contributed by atoms with Crippen molar-refractivity contribution in [2.75, 3.05) is 19.0 Å². The fourth-order valence-electron chi connectivity index (χ4n) is 1.98. The zero-order chi connectivity index (χ0) is 16.7. The van der Waals surface area contributed by atoms with Crippen LogP contribution >= 0.6 is 0 Å². The van der Waals surface area contributed by atoms with E-state index in [1.54, 1.807) is 36.4 Å². The third kappa shape index (κ3) is 4.81. The largest absolute Gasteiger partial charge is 0.495 e. The van der Waals surface area contributed by atoms with Gasteiger partial charge in [0.05, 0.1) is 12.8 Å². The summed E-state index contributed by atoms with van der Waals surface area (Å²) in [6.45, 7) is 0.282. The average Bonchev–Trinajstić information content (AvgIpc) is 2.57. The lowest BCUT2D eigenvalue weighted by Gasteiger charge is -2.10. The number of ether oxygens (including phenoxy) is 1. The van der Waals surface area contributed by atoms with Gasteiger partial charge in [-0.25, -0.2) is 4.39 Å². The summed E-state index contributed by atoms with van der Waals surface area (Å²) >= 11 is 0. The summed E-state index contributed by atoms with van der Waals surface area (Å²) in [6.07, 6.45) is 0.508. The van der Waals surface area contributed by atoms with E-state index in [1.165, 1.54) is 19.2 Å². The highest BCUT2D eigenvalue weighted by atomic mass is 19.1. The number of rotatable bonds is 5. The van der Waals surface area contributed by atoms with E-state index in [0.29, 0.717) is 17.9 Å². The molecule has 0 saturated carbocycles. The number of amides is 2. The first kappa shape index (κ1) is 16.5. The molecular formula is C17H17FN2O3. The number of methoxy groups -OCH3 is 1. The average molecular weight is 316 g/mol. The number of para-hydroxylation sites is 2. The molecule has 2 aromatic carbocycles. The fraction of sp³-hybridized carbons (Fsp3) is 0.176. The van der Waals surface area contributed by atoms with Crippen molar-refractivity contribution in [1.29, 1.82) is 0 Å². The standard InChI is InChI=1S/C17H17FN2O3/c1-23-15-5-3-2-4-14(15)20-17(22)16(21)19-11-10-12-6-8-13(18)9-7-12/h2-9H,10-11H2,1H3,(H,19,21)(H,20,22). The van der Waals surface area contributed by atoms with Gasteiger partial charge in [0, 0.05) is 6.54 Å². The van der Waals surface area contributed by atoms with Crippen molar-refractivity contribution in [3.05, 3.63) is 59.9 Å². The van der Waals surface area contributed by atoms with Crippen LogP contribution in [-0.4, -0.2) is 25.5 Å². The molecule has 0 aliphatic rings. The Kier molecular flexibility index (Phi) is 5.68. The van der Waals surface area contributed by atoms with Gasteiger partial charge in [0.25, 0.3) is 0 Å². The highest BCUT2D eigenvalue weighted by molar-refractivity contribution is 6.39. The Morgan fingerprint density at radius 3 is 2.43 bits per heavy atom. The van der Waals surface area contributed by atoms with E-state index in [2.05, 4.69) is 10.6 Å². The van der Waals surface area contributed by atoms with Crippen molar-refractivity contribution in [1.82, 2.24) is 5.32 Å². The monoisotopic (exact) mass is 316 g/mol. The quantitative estimate of drug-likeness (QED) is 0.831. The van der Waals surface area contributed by atoms with E-state index in [4.69, 9.17) is 4.74 Å². The van der Waals surface area contributed by atoms with Crippen molar-refractivity contribution in [3.63, 3.8) is 0 Å². The first-order valence-corrected chi connectivity index (χ1v) is 7.07. The first-order chi connectivity index (χ1) is 11.1. The predicted molar refractivity (Wildman–Crippen MR) is 84.7 cm³/mol. The molecule has 0 atom stereocenters. The molecule has 0 unspecified atom stereocenters. The summed E-state index contributed by atoms with van der Waals surface area (Å²) in [6, 6.07) is 12.8. The molecule has 0 radical (unpaired) electrons. The van der Waals surface area contributed by atoms with E-state index in [1.807, 2.05) is 0 Å². The summed E-state index contributed by atoms with van der Waals surface area (Å²) in [4.78, 5) is 23.6. The van der Waals surface area contributed by atoms with Gasteiger partial charge in [-0.05, 0) is 36.2 Å². The number of carbonyl (C=O) groups excluding carboxylic acids is 2. The van der Waals surface area contributed by atoms with Gasteiger partial charge in [0.15, 0.2) is 0 Å². The number of nitrogens with one attached hydrogen (secondary N) is 2. The number of hydrogen-bond acceptors (Lipinski definition) is 3. The molecule has 0 bridgehead atoms. The minimum atomic E-state index is -0.770. The lowest BCUT2D eigenvalue weighted by Crippen LogP contribution is -2.36. The van der Waals surface area contributed by atoms with E-state index >= 15 is 0 Å². The summed E-state index contributed by atoms with van der Waals surface area (Å²) in [5.41, 5.74) is 1.30. The van der Waals surface area contributed by atoms with E-state index in [-0.39, 0.29) is 12.4 Å². The third-order valence-corrected chi connectivity index (χ3v) is 3.17. The van der Waals surface area contributed by atoms with Crippen LogP contribution < -0.4 is 15.4 Å². The second-order valence-corrected chi connectivity index (χ2v) is 4.79. The molecule has 0 saturated heterocycles. The van der Waals surface area contributed by atoms with Crippen LogP contribution in [0.2, 0.25) is 0 Å². The molecule has 0 fully saturated rings. The minimum absolute atomic E-state index is 0.282. The molecular weight excluding hydrogens is 299 g/mol. The highest BCUT2D eigenvalue weighted by Crippen LogP contribution is 2.22. The SMILES string of the molecule is COc1ccccc1NC(=O)C(=O)NCCc1ccc(F)cc1. The molecule has 6 heteroatoms. The zero-order valence-corrected chi connectivity index (χ0v) is 12.6. The van der Waals surface area contributed by atoms with Crippen molar-refractivity contribution < 1.29 is 18.7 Å². The maximum Gasteiger partial charge on any atom is 0.313 e. The Morgan fingerprint density at radius 2 is 1.74 bits per heavy atom. The van der Waals surface area contributed by atoms with Gasteiger partial charge >= 0.3 is 11.8 Å². The van der Waals surface area contributed by atoms with Crippen LogP contribution in [0.5, 0.6) is 5.75 Å². The Bertz CT molecular complexity index is 686. The van der Waals surface area contributed by atoms with Crippen LogP contribution in [0, 0.1) is 5.82 Å². The van der Waals surface area contributed by atoms with Gasteiger partial charge < -0.3 is 15.4 Å². The van der Waals surface area contributed by atoms with Gasteiger partial charge in [-0.3, -0.25) is 9.59 Å². The van der Waals surface area contributed by atoms with E-state index < -0.39 is 11.8 Å². The van der Waals surface area contributed by atoms with Crippen molar-refractivity contribution in [3.8, 4) is 5.75 Å². The van der Waals surface area contributed by atoms with Crippen molar-refractivity contribution >= 4 is 17.5 Å². The fourth-order valence-corrected chi connectivity index (χ4v) is 1.98. The maximum absolute atomic E-state index is 12.8. The smallest absolute Gasteiger partial charge is 0.313 e. The summed E-state index contributed by atoms with van der Waals surface area (Å²) in [7, 11) is 1.48.